The van der Waals surface area contributed by atoms with E-state index in [1.54, 1.807) is 0 Å². The van der Waals surface area contributed by atoms with E-state index in [0.717, 1.165) is 0 Å². The first-order valence-corrected chi connectivity index (χ1v) is 15.0. The van der Waals surface area contributed by atoms with Crippen molar-refractivity contribution in [3.8, 4) is 0 Å². The Hall–Kier alpha value is 0.0569. The van der Waals surface area contributed by atoms with Gasteiger partial charge in [0.15, 0.2) is 0 Å². The van der Waals surface area contributed by atoms with Crippen LogP contribution < -0.4 is 0 Å². The minimum Gasteiger partial charge on any atom is -0.419 e. The summed E-state index contributed by atoms with van der Waals surface area (Å²) in [6, 6.07) is 1.20. The molecule has 0 fully saturated rings. The first kappa shape index (κ1) is 28.1. The van der Waals surface area contributed by atoms with Crippen molar-refractivity contribution in [1.82, 2.24) is 14.7 Å². The summed E-state index contributed by atoms with van der Waals surface area (Å²) in [6.45, 7) is 23.8. The van der Waals surface area contributed by atoms with E-state index in [1.807, 2.05) is 7.11 Å². The van der Waals surface area contributed by atoms with Gasteiger partial charge in [0.1, 0.15) is 0 Å². The van der Waals surface area contributed by atoms with Gasteiger partial charge in [0.25, 0.3) is 0 Å². The van der Waals surface area contributed by atoms with Gasteiger partial charge in [-0.15, -0.1) is 0 Å². The summed E-state index contributed by atoms with van der Waals surface area (Å²) in [5, 5.41) is 0. The van der Waals surface area contributed by atoms with E-state index in [4.69, 9.17) is 4.43 Å². The van der Waals surface area contributed by atoms with E-state index >= 15 is 0 Å². The van der Waals surface area contributed by atoms with Crippen molar-refractivity contribution >= 4 is 8.32 Å². The molecule has 0 aliphatic carbocycles. The van der Waals surface area contributed by atoms with Gasteiger partial charge < -0.3 is 19.1 Å². The highest BCUT2D eigenvalue weighted by Gasteiger charge is 2.28. The Labute approximate surface area is 179 Å². The van der Waals surface area contributed by atoms with Gasteiger partial charge in [-0.05, 0) is 103 Å². The predicted molar refractivity (Wildman–Crippen MR) is 129 cm³/mol. The maximum absolute atomic E-state index is 6.00. The number of rotatable bonds is 20. The molecule has 5 heteroatoms. The van der Waals surface area contributed by atoms with Crippen LogP contribution in [0.1, 0.15) is 73.1 Å². The second-order valence-electron chi connectivity index (χ2n) is 8.67. The summed E-state index contributed by atoms with van der Waals surface area (Å²) in [5.41, 5.74) is 0. The minimum atomic E-state index is -1.58. The molecular formula is C23H53N3OSi. The average Bonchev–Trinajstić information content (AvgIpc) is 2.68. The van der Waals surface area contributed by atoms with E-state index < -0.39 is 8.32 Å². The lowest BCUT2D eigenvalue weighted by molar-refractivity contribution is 0.215. The van der Waals surface area contributed by atoms with Gasteiger partial charge in [0.05, 0.1) is 0 Å². The molecule has 0 bridgehead atoms. The second kappa shape index (κ2) is 17.9. The molecule has 4 nitrogen and oxygen atoms in total. The maximum atomic E-state index is 6.00. The fourth-order valence-corrected chi connectivity index (χ4v) is 5.94. The van der Waals surface area contributed by atoms with Crippen LogP contribution in [0.3, 0.4) is 0 Å². The molecule has 0 radical (unpaired) electrons. The third kappa shape index (κ3) is 13.3. The smallest absolute Gasteiger partial charge is 0.202 e. The highest BCUT2D eigenvalue weighted by atomic mass is 28.4. The fourth-order valence-electron chi connectivity index (χ4n) is 4.04. The Morgan fingerprint density at radius 3 is 1.21 bits per heavy atom. The molecule has 0 spiro atoms. The summed E-state index contributed by atoms with van der Waals surface area (Å²) in [5.74, 6) is 0. The molecule has 0 amide bonds. The standard InChI is InChI=1S/C23H53N3OSi/c1-8-15-24(16-9-2)19-13-21-26(23-28(7,12-5)27-6)22-14-20-25(17-10-3)18-11-4/h8-23H2,1-7H3. The topological polar surface area (TPSA) is 19.0 Å². The van der Waals surface area contributed by atoms with Gasteiger partial charge >= 0.3 is 0 Å². The van der Waals surface area contributed by atoms with Gasteiger partial charge in [0.2, 0.25) is 8.32 Å². The van der Waals surface area contributed by atoms with Crippen LogP contribution in [-0.2, 0) is 4.43 Å². The number of hydrogen-bond donors (Lipinski definition) is 0. The van der Waals surface area contributed by atoms with Crippen LogP contribution in [-0.4, -0.2) is 88.7 Å². The molecule has 0 rings (SSSR count). The van der Waals surface area contributed by atoms with Crippen molar-refractivity contribution in [3.63, 3.8) is 0 Å². The molecule has 0 N–H and O–H groups in total. The van der Waals surface area contributed by atoms with Crippen molar-refractivity contribution in [1.29, 1.82) is 0 Å². The van der Waals surface area contributed by atoms with E-state index in [9.17, 15) is 0 Å². The van der Waals surface area contributed by atoms with Crippen molar-refractivity contribution < 1.29 is 4.43 Å². The quantitative estimate of drug-likeness (QED) is 0.258. The summed E-state index contributed by atoms with van der Waals surface area (Å²) in [4.78, 5) is 8.02. The molecule has 1 unspecified atom stereocenters. The lowest BCUT2D eigenvalue weighted by Crippen LogP contribution is -2.47. The second-order valence-corrected chi connectivity index (χ2v) is 13.0. The lowest BCUT2D eigenvalue weighted by atomic mass is 10.2. The average molecular weight is 416 g/mol. The highest BCUT2D eigenvalue weighted by Crippen LogP contribution is 2.13. The third-order valence-corrected chi connectivity index (χ3v) is 9.45. The number of hydrogen-bond acceptors (Lipinski definition) is 4. The monoisotopic (exact) mass is 415 g/mol. The molecule has 28 heavy (non-hydrogen) atoms. The van der Waals surface area contributed by atoms with Gasteiger partial charge in [-0.3, -0.25) is 0 Å². The lowest BCUT2D eigenvalue weighted by Gasteiger charge is -2.33. The van der Waals surface area contributed by atoms with E-state index in [0.29, 0.717) is 0 Å². The zero-order valence-electron chi connectivity index (χ0n) is 20.6. The van der Waals surface area contributed by atoms with Gasteiger partial charge in [-0.25, -0.2) is 0 Å². The normalized spacial score (nSPS) is 14.4. The molecule has 0 aliphatic heterocycles. The Kier molecular flexibility index (Phi) is 17.9. The molecule has 0 aromatic rings. The number of nitrogens with zero attached hydrogens (tertiary/aromatic N) is 3. The highest BCUT2D eigenvalue weighted by molar-refractivity contribution is 6.72. The molecule has 1 atom stereocenters. The summed E-state index contributed by atoms with van der Waals surface area (Å²) >= 11 is 0. The van der Waals surface area contributed by atoms with Crippen LogP contribution >= 0.6 is 0 Å². The maximum Gasteiger partial charge on any atom is 0.202 e. The van der Waals surface area contributed by atoms with Crippen LogP contribution in [0.2, 0.25) is 12.6 Å². The van der Waals surface area contributed by atoms with Crippen molar-refractivity contribution in [2.75, 3.05) is 65.6 Å². The Morgan fingerprint density at radius 1 is 0.571 bits per heavy atom. The van der Waals surface area contributed by atoms with Crippen LogP contribution in [0.25, 0.3) is 0 Å². The Bertz CT molecular complexity index is 306. The predicted octanol–water partition coefficient (Wildman–Crippen LogP) is 5.09. The van der Waals surface area contributed by atoms with Crippen molar-refractivity contribution in [3.05, 3.63) is 0 Å². The zero-order valence-corrected chi connectivity index (χ0v) is 21.6. The zero-order chi connectivity index (χ0) is 21.3. The van der Waals surface area contributed by atoms with Crippen molar-refractivity contribution in [2.24, 2.45) is 0 Å². The third-order valence-electron chi connectivity index (χ3n) is 5.86. The van der Waals surface area contributed by atoms with Crippen LogP contribution in [0.15, 0.2) is 0 Å². The van der Waals surface area contributed by atoms with Gasteiger partial charge in [0, 0.05) is 13.3 Å². The largest absolute Gasteiger partial charge is 0.419 e. The van der Waals surface area contributed by atoms with Gasteiger partial charge in [-0.1, -0.05) is 34.6 Å². The van der Waals surface area contributed by atoms with E-state index in [2.05, 4.69) is 55.9 Å². The summed E-state index contributed by atoms with van der Waals surface area (Å²) in [6.07, 6.45) is 8.80. The molecule has 0 saturated heterocycles. The first-order chi connectivity index (χ1) is 13.5. The van der Waals surface area contributed by atoms with E-state index in [1.165, 1.54) is 103 Å². The fraction of sp³-hybridized carbons (Fsp3) is 1.00. The van der Waals surface area contributed by atoms with Crippen LogP contribution in [0.4, 0.5) is 0 Å². The van der Waals surface area contributed by atoms with Crippen LogP contribution in [0, 0.1) is 0 Å². The van der Waals surface area contributed by atoms with Crippen LogP contribution in [0.5, 0.6) is 0 Å². The first-order valence-electron chi connectivity index (χ1n) is 12.2. The Balaban J connectivity index is 4.64. The van der Waals surface area contributed by atoms with E-state index in [-0.39, 0.29) is 0 Å². The van der Waals surface area contributed by atoms with Crippen molar-refractivity contribution in [2.45, 2.75) is 85.7 Å². The van der Waals surface area contributed by atoms with Gasteiger partial charge in [-0.2, -0.15) is 0 Å². The molecular weight excluding hydrogens is 362 g/mol. The molecule has 170 valence electrons. The molecule has 0 aromatic carbocycles. The molecule has 0 aromatic heterocycles. The molecule has 0 heterocycles. The summed E-state index contributed by atoms with van der Waals surface area (Å²) < 4.78 is 6.00. The molecule has 0 aliphatic rings. The Morgan fingerprint density at radius 2 is 0.929 bits per heavy atom. The SMILES string of the molecule is CCCN(CCC)CCCN(CCCN(CCC)CCC)C[Si](C)(CC)OC. The molecule has 0 saturated carbocycles. The minimum absolute atomic E-state index is 1.18. The summed E-state index contributed by atoms with van der Waals surface area (Å²) in [7, 11) is 0.356.